The van der Waals surface area contributed by atoms with Gasteiger partial charge >= 0.3 is 0 Å². The molecule has 0 radical (unpaired) electrons. The van der Waals surface area contributed by atoms with Crippen LogP contribution in [0.1, 0.15) is 0 Å². The van der Waals surface area contributed by atoms with Crippen molar-refractivity contribution in [2.24, 2.45) is 8.54 Å². The van der Waals surface area contributed by atoms with Crippen LogP contribution in [0.2, 0.25) is 0 Å². The van der Waals surface area contributed by atoms with E-state index >= 15 is 0 Å². The molecule has 6 heteroatoms. The van der Waals surface area contributed by atoms with Crippen LogP contribution < -0.4 is 0 Å². The molecule has 0 atom stereocenters. The van der Waals surface area contributed by atoms with Crippen molar-refractivity contribution in [1.29, 1.82) is 0 Å². The molecule has 4 nitrogen and oxygen atoms in total. The summed E-state index contributed by atoms with van der Waals surface area (Å²) in [6, 6.07) is 0. The Morgan fingerprint density at radius 3 is 2.17 bits per heavy atom. The van der Waals surface area contributed by atoms with Gasteiger partial charge in [-0.2, -0.15) is 0 Å². The third-order valence-electron chi connectivity index (χ3n) is 0.0955. The molecule has 0 saturated heterocycles. The van der Waals surface area contributed by atoms with Crippen molar-refractivity contribution < 1.29 is 3.07 Å². The maximum Gasteiger partial charge on any atom is 0.266 e. The van der Waals surface area contributed by atoms with Crippen LogP contribution in [0.15, 0.2) is 8.54 Å². The summed E-state index contributed by atoms with van der Waals surface area (Å²) in [5, 5.41) is 1.99. The zero-order valence-corrected chi connectivity index (χ0v) is 5.59. The van der Waals surface area contributed by atoms with Gasteiger partial charge in [0, 0.05) is 0 Å². The molecule has 0 saturated carbocycles. The van der Waals surface area contributed by atoms with E-state index < -0.39 is 18.2 Å². The van der Waals surface area contributed by atoms with Gasteiger partial charge in [-0.05, 0) is 3.25 Å². The number of hydrogen-bond acceptors (Lipinski definition) is 3. The molecule has 0 aliphatic rings. The minimum absolute atomic E-state index is 1.99. The maximum atomic E-state index is 9.69. The Morgan fingerprint density at radius 1 is 1.67 bits per heavy atom. The van der Waals surface area contributed by atoms with E-state index in [1.54, 1.807) is 0 Å². The summed E-state index contributed by atoms with van der Waals surface area (Å²) >= 11 is -2.72. The molecule has 0 aromatic heterocycles. The summed E-state index contributed by atoms with van der Waals surface area (Å²) in [6.07, 6.45) is 0. The lowest BCUT2D eigenvalue weighted by Gasteiger charge is -1.53. The average molecular weight is 220 g/mol. The van der Waals surface area contributed by atoms with Gasteiger partial charge in [-0.15, -0.1) is 4.91 Å². The molecule has 0 aliphatic heterocycles. The number of nitroso groups, excluding NO2 is 1. The van der Waals surface area contributed by atoms with Gasteiger partial charge < -0.3 is 0 Å². The lowest BCUT2D eigenvalue weighted by atomic mass is 12.9. The van der Waals surface area contributed by atoms with E-state index in [2.05, 4.69) is 13.1 Å². The first kappa shape index (κ1) is 6.28. The SMILES string of the molecule is O=NN=I(=O)S. The Labute approximate surface area is 44.8 Å². The number of thiol groups is 1. The van der Waals surface area contributed by atoms with Crippen molar-refractivity contribution in [3.05, 3.63) is 4.91 Å². The highest BCUT2D eigenvalue weighted by Crippen LogP contribution is 2.14. The van der Waals surface area contributed by atoms with Crippen LogP contribution in [0, 0.1) is 4.91 Å². The summed E-state index contributed by atoms with van der Waals surface area (Å²) < 4.78 is 12.3. The summed E-state index contributed by atoms with van der Waals surface area (Å²) in [7, 11) is 3.32. The Hall–Kier alpha value is 0.280. The van der Waals surface area contributed by atoms with Crippen LogP contribution in [-0.2, 0) is 3.07 Å². The quantitative estimate of drug-likeness (QED) is 0.315. The van der Waals surface area contributed by atoms with E-state index in [9.17, 15) is 3.07 Å². The molecule has 0 aromatic carbocycles. The van der Waals surface area contributed by atoms with E-state index in [4.69, 9.17) is 4.91 Å². The third-order valence-corrected chi connectivity index (χ3v) is 1.09. The molecule has 0 spiro atoms. The fraction of sp³-hybridized carbons (Fsp3) is 0. The Balaban J connectivity index is 3.75. The molecule has 0 aliphatic carbocycles. The molecular formula is HIN2O2S. The van der Waals surface area contributed by atoms with Crippen LogP contribution in [-0.4, -0.2) is 0 Å². The zero-order chi connectivity index (χ0) is 4.99. The van der Waals surface area contributed by atoms with Crippen LogP contribution in [0.25, 0.3) is 0 Å². The van der Waals surface area contributed by atoms with Crippen molar-refractivity contribution in [3.8, 4) is 0 Å². The Morgan fingerprint density at radius 2 is 2.17 bits per heavy atom. The van der Waals surface area contributed by atoms with Crippen molar-refractivity contribution >= 4 is 28.0 Å². The van der Waals surface area contributed by atoms with Gasteiger partial charge in [-0.3, -0.25) is 0 Å². The van der Waals surface area contributed by atoms with Gasteiger partial charge in [0.2, 0.25) is 0 Å². The third kappa shape index (κ3) is 4.28. The van der Waals surface area contributed by atoms with Gasteiger partial charge in [0.05, 0.1) is 5.29 Å². The Kier molecular flexibility index (Phi) is 3.63. The molecule has 0 N–H and O–H groups in total. The van der Waals surface area contributed by atoms with E-state index in [0.29, 0.717) is 0 Å². The fourth-order valence-electron chi connectivity index (χ4n) is 0.0264. The first-order valence-electron chi connectivity index (χ1n) is 0.875. The first-order chi connectivity index (χ1) is 2.77. The lowest BCUT2D eigenvalue weighted by molar-refractivity contribution is 0.647. The van der Waals surface area contributed by atoms with Gasteiger partial charge in [0.1, 0.15) is 0 Å². The predicted molar refractivity (Wildman–Crippen MR) is 31.9 cm³/mol. The predicted octanol–water partition coefficient (Wildman–Crippen LogP) is 1.55. The number of halogens is 1. The lowest BCUT2D eigenvalue weighted by Crippen LogP contribution is -1.23. The summed E-state index contributed by atoms with van der Waals surface area (Å²) in [4.78, 5) is 8.99. The molecule has 6 heavy (non-hydrogen) atoms. The minimum atomic E-state index is -2.72. The van der Waals surface area contributed by atoms with Crippen LogP contribution >= 0.6 is 28.0 Å². The van der Waals surface area contributed by atoms with Gasteiger partial charge in [-0.25, -0.2) is 3.07 Å². The zero-order valence-electron chi connectivity index (χ0n) is 2.54. The molecular weight excluding hydrogens is 219 g/mol. The van der Waals surface area contributed by atoms with Crippen LogP contribution in [0.3, 0.4) is 0 Å². The van der Waals surface area contributed by atoms with E-state index in [0.717, 1.165) is 0 Å². The number of hydrogen-bond donors (Lipinski definition) is 1. The highest BCUT2D eigenvalue weighted by atomic mass is 127. The molecule has 0 fully saturated rings. The maximum absolute atomic E-state index is 9.69. The van der Waals surface area contributed by atoms with E-state index in [-0.39, 0.29) is 0 Å². The van der Waals surface area contributed by atoms with Crippen molar-refractivity contribution in [2.45, 2.75) is 0 Å². The average Bonchev–Trinajstić information content (AvgIpc) is 1.35. The van der Waals surface area contributed by atoms with Crippen LogP contribution in [0.5, 0.6) is 0 Å². The molecule has 0 rings (SSSR count). The van der Waals surface area contributed by atoms with Crippen LogP contribution in [0.4, 0.5) is 0 Å². The smallest absolute Gasteiger partial charge is 0.245 e. The monoisotopic (exact) mass is 220 g/mol. The normalized spacial score (nSPS) is 14.2. The topological polar surface area (TPSA) is 58.9 Å². The van der Waals surface area contributed by atoms with Gasteiger partial charge in [0.25, 0.3) is 18.2 Å². The second kappa shape index (κ2) is 3.47. The second-order valence-electron chi connectivity index (χ2n) is 0.371. The fourth-order valence-corrected chi connectivity index (χ4v) is 0.362. The number of rotatable bonds is 1. The highest BCUT2D eigenvalue weighted by molar-refractivity contribution is 14.2. The van der Waals surface area contributed by atoms with Crippen molar-refractivity contribution in [3.63, 3.8) is 0 Å². The standard InChI is InChI=1S/HIN2O2S/c4-1(6)2-3-5/h(H,2,4,5,6). The first-order valence-corrected chi connectivity index (χ1v) is 5.95. The highest BCUT2D eigenvalue weighted by Gasteiger charge is 1.66. The van der Waals surface area contributed by atoms with Crippen molar-refractivity contribution in [1.82, 2.24) is 0 Å². The molecule has 0 amide bonds. The molecule has 0 aromatic rings. The van der Waals surface area contributed by atoms with Gasteiger partial charge in [-0.1, -0.05) is 9.80 Å². The van der Waals surface area contributed by atoms with E-state index in [1.807, 2.05) is 5.29 Å². The largest absolute Gasteiger partial charge is 0.266 e. The number of nitrogens with zero attached hydrogens (tertiary/aromatic N) is 2. The molecule has 36 valence electrons. The summed E-state index contributed by atoms with van der Waals surface area (Å²) in [5.41, 5.74) is 0. The Bertz CT molecular complexity index is 113. The summed E-state index contributed by atoms with van der Waals surface area (Å²) in [6.45, 7) is 0. The molecule has 0 unspecified atom stereocenters. The summed E-state index contributed by atoms with van der Waals surface area (Å²) in [5.74, 6) is 0. The van der Waals surface area contributed by atoms with Gasteiger partial charge in [0.15, 0.2) is 0 Å². The molecule has 0 heterocycles. The minimum Gasteiger partial charge on any atom is -0.245 e. The molecule has 0 bridgehead atoms. The van der Waals surface area contributed by atoms with E-state index in [1.165, 1.54) is 0 Å². The second-order valence-corrected chi connectivity index (χ2v) is 3.96. The van der Waals surface area contributed by atoms with Crippen molar-refractivity contribution in [2.75, 3.05) is 0 Å².